The van der Waals surface area contributed by atoms with E-state index in [0.717, 1.165) is 31.0 Å². The minimum absolute atomic E-state index is 0.359. The molecule has 3 heterocycles. The molecule has 0 aromatic carbocycles. The molecule has 1 saturated heterocycles. The summed E-state index contributed by atoms with van der Waals surface area (Å²) in [5, 5.41) is 7.26. The highest BCUT2D eigenvalue weighted by Crippen LogP contribution is 2.23. The number of nitrogens with one attached hydrogen (secondary N) is 1. The molecule has 0 aliphatic carbocycles. The van der Waals surface area contributed by atoms with Crippen LogP contribution in [-0.4, -0.2) is 28.2 Å². The first kappa shape index (κ1) is 9.47. The van der Waals surface area contributed by atoms with Gasteiger partial charge in [-0.25, -0.2) is 0 Å². The molecule has 1 fully saturated rings. The Morgan fingerprint density at radius 2 is 2.44 bits per heavy atom. The number of hydrogen-bond donors (Lipinski definition) is 1. The van der Waals surface area contributed by atoms with Crippen LogP contribution in [0.15, 0.2) is 29.0 Å². The van der Waals surface area contributed by atoms with E-state index in [9.17, 15) is 0 Å². The first-order chi connectivity index (χ1) is 7.93. The van der Waals surface area contributed by atoms with Crippen LogP contribution in [0.3, 0.4) is 0 Å². The van der Waals surface area contributed by atoms with Crippen molar-refractivity contribution in [3.8, 4) is 11.4 Å². The third-order valence-corrected chi connectivity index (χ3v) is 2.77. The first-order valence-electron chi connectivity index (χ1n) is 5.38. The minimum atomic E-state index is 0.359. The van der Waals surface area contributed by atoms with Gasteiger partial charge in [0.2, 0.25) is 11.7 Å². The first-order valence-corrected chi connectivity index (χ1v) is 5.38. The fraction of sp³-hybridized carbons (Fsp3) is 0.364. The van der Waals surface area contributed by atoms with E-state index in [2.05, 4.69) is 20.4 Å². The third kappa shape index (κ3) is 1.69. The molecule has 5 nitrogen and oxygen atoms in total. The number of nitrogens with zero attached hydrogens (tertiary/aromatic N) is 3. The van der Waals surface area contributed by atoms with Crippen LogP contribution in [0, 0.1) is 0 Å². The van der Waals surface area contributed by atoms with Crippen molar-refractivity contribution >= 4 is 0 Å². The van der Waals surface area contributed by atoms with Crippen molar-refractivity contribution in [3.63, 3.8) is 0 Å². The predicted molar refractivity (Wildman–Crippen MR) is 57.8 cm³/mol. The molecule has 0 bridgehead atoms. The Morgan fingerprint density at radius 3 is 3.19 bits per heavy atom. The highest BCUT2D eigenvalue weighted by molar-refractivity contribution is 5.51. The maximum atomic E-state index is 5.27. The van der Waals surface area contributed by atoms with Gasteiger partial charge in [-0.1, -0.05) is 5.16 Å². The Balaban J connectivity index is 1.87. The van der Waals surface area contributed by atoms with Gasteiger partial charge in [-0.15, -0.1) is 0 Å². The fourth-order valence-corrected chi connectivity index (χ4v) is 1.88. The fourth-order valence-electron chi connectivity index (χ4n) is 1.88. The lowest BCUT2D eigenvalue weighted by Gasteiger charge is -1.98. The summed E-state index contributed by atoms with van der Waals surface area (Å²) < 4.78 is 5.27. The van der Waals surface area contributed by atoms with Gasteiger partial charge < -0.3 is 9.84 Å². The van der Waals surface area contributed by atoms with Gasteiger partial charge >= 0.3 is 0 Å². The Morgan fingerprint density at radius 1 is 1.44 bits per heavy atom. The lowest BCUT2D eigenvalue weighted by molar-refractivity contribution is 0.359. The molecule has 1 aliphatic rings. The van der Waals surface area contributed by atoms with E-state index in [-0.39, 0.29) is 0 Å². The van der Waals surface area contributed by atoms with Crippen LogP contribution in [0.4, 0.5) is 0 Å². The normalized spacial score (nSPS) is 20.1. The number of hydrogen-bond acceptors (Lipinski definition) is 5. The molecule has 2 aromatic rings. The van der Waals surface area contributed by atoms with Crippen LogP contribution in [0.2, 0.25) is 0 Å². The quantitative estimate of drug-likeness (QED) is 0.817. The lowest BCUT2D eigenvalue weighted by atomic mass is 10.1. The van der Waals surface area contributed by atoms with Crippen LogP contribution < -0.4 is 5.32 Å². The van der Waals surface area contributed by atoms with E-state index in [4.69, 9.17) is 4.52 Å². The lowest BCUT2D eigenvalue weighted by Crippen LogP contribution is -2.08. The van der Waals surface area contributed by atoms with E-state index in [1.54, 1.807) is 12.4 Å². The highest BCUT2D eigenvalue weighted by atomic mass is 16.5. The maximum absolute atomic E-state index is 5.27. The smallest absolute Gasteiger partial charge is 0.231 e. The van der Waals surface area contributed by atoms with Crippen LogP contribution >= 0.6 is 0 Å². The summed E-state index contributed by atoms with van der Waals surface area (Å²) in [4.78, 5) is 8.44. The second-order valence-corrected chi connectivity index (χ2v) is 3.89. The predicted octanol–water partition coefficient (Wildman–Crippen LogP) is 1.21. The van der Waals surface area contributed by atoms with Gasteiger partial charge in [-0.2, -0.15) is 4.98 Å². The average Bonchev–Trinajstić information content (AvgIpc) is 3.01. The molecule has 1 atom stereocenters. The van der Waals surface area contributed by atoms with Gasteiger partial charge in [0.25, 0.3) is 0 Å². The largest absolute Gasteiger partial charge is 0.339 e. The average molecular weight is 216 g/mol. The molecule has 16 heavy (non-hydrogen) atoms. The summed E-state index contributed by atoms with van der Waals surface area (Å²) in [5.74, 6) is 1.71. The van der Waals surface area contributed by atoms with Gasteiger partial charge in [-0.05, 0) is 25.1 Å². The van der Waals surface area contributed by atoms with E-state index >= 15 is 0 Å². The Labute approximate surface area is 92.9 Å². The zero-order valence-electron chi connectivity index (χ0n) is 8.76. The Kier molecular flexibility index (Phi) is 2.38. The highest BCUT2D eigenvalue weighted by Gasteiger charge is 2.22. The molecule has 1 aliphatic heterocycles. The van der Waals surface area contributed by atoms with Crippen LogP contribution in [0.1, 0.15) is 18.2 Å². The van der Waals surface area contributed by atoms with E-state index in [0.29, 0.717) is 11.7 Å². The number of rotatable bonds is 2. The van der Waals surface area contributed by atoms with Gasteiger partial charge in [0.15, 0.2) is 0 Å². The standard InChI is InChI=1S/C11H12N4O/c1-2-8(6-12-4-1)10-14-11(16-15-10)9-3-5-13-7-9/h1-2,4,6,9,13H,3,5,7H2. The summed E-state index contributed by atoms with van der Waals surface area (Å²) in [6, 6.07) is 3.79. The monoisotopic (exact) mass is 216 g/mol. The van der Waals surface area contributed by atoms with E-state index in [1.807, 2.05) is 12.1 Å². The maximum Gasteiger partial charge on any atom is 0.231 e. The molecule has 3 rings (SSSR count). The van der Waals surface area contributed by atoms with Crippen molar-refractivity contribution in [2.45, 2.75) is 12.3 Å². The molecular weight excluding hydrogens is 204 g/mol. The van der Waals surface area contributed by atoms with Crippen molar-refractivity contribution in [1.82, 2.24) is 20.4 Å². The number of pyridine rings is 1. The van der Waals surface area contributed by atoms with Crippen LogP contribution in [0.5, 0.6) is 0 Å². The summed E-state index contributed by atoms with van der Waals surface area (Å²) in [6.45, 7) is 1.95. The van der Waals surface area contributed by atoms with Crippen LogP contribution in [0.25, 0.3) is 11.4 Å². The second-order valence-electron chi connectivity index (χ2n) is 3.89. The van der Waals surface area contributed by atoms with Crippen molar-refractivity contribution < 1.29 is 4.52 Å². The molecular formula is C11H12N4O. The molecule has 5 heteroatoms. The van der Waals surface area contributed by atoms with E-state index < -0.39 is 0 Å². The zero-order valence-corrected chi connectivity index (χ0v) is 8.76. The zero-order chi connectivity index (χ0) is 10.8. The molecule has 1 N–H and O–H groups in total. The van der Waals surface area contributed by atoms with Gasteiger partial charge in [-0.3, -0.25) is 4.98 Å². The molecule has 1 unspecified atom stereocenters. The SMILES string of the molecule is c1cncc(-c2noc(C3CCNC3)n2)c1. The van der Waals surface area contributed by atoms with Crippen molar-refractivity contribution in [1.29, 1.82) is 0 Å². The molecule has 0 radical (unpaired) electrons. The summed E-state index contributed by atoms with van der Waals surface area (Å²) >= 11 is 0. The minimum Gasteiger partial charge on any atom is -0.339 e. The molecule has 0 amide bonds. The molecule has 0 saturated carbocycles. The van der Waals surface area contributed by atoms with Gasteiger partial charge in [0, 0.05) is 24.5 Å². The van der Waals surface area contributed by atoms with Crippen molar-refractivity contribution in [3.05, 3.63) is 30.4 Å². The van der Waals surface area contributed by atoms with E-state index in [1.165, 1.54) is 0 Å². The Hall–Kier alpha value is -1.75. The molecule has 0 spiro atoms. The summed E-state index contributed by atoms with van der Waals surface area (Å²) in [6.07, 6.45) is 4.53. The van der Waals surface area contributed by atoms with Crippen molar-refractivity contribution in [2.24, 2.45) is 0 Å². The summed E-state index contributed by atoms with van der Waals surface area (Å²) in [5.41, 5.74) is 0.892. The van der Waals surface area contributed by atoms with Gasteiger partial charge in [0.05, 0.1) is 5.92 Å². The van der Waals surface area contributed by atoms with Gasteiger partial charge in [0.1, 0.15) is 0 Å². The third-order valence-electron chi connectivity index (χ3n) is 2.77. The molecule has 82 valence electrons. The van der Waals surface area contributed by atoms with Crippen molar-refractivity contribution in [2.75, 3.05) is 13.1 Å². The topological polar surface area (TPSA) is 63.8 Å². The number of aromatic nitrogens is 3. The van der Waals surface area contributed by atoms with Crippen LogP contribution in [-0.2, 0) is 0 Å². The second kappa shape index (κ2) is 4.02. The Bertz CT molecular complexity index is 462. The molecule has 2 aromatic heterocycles. The summed E-state index contributed by atoms with van der Waals surface area (Å²) in [7, 11) is 0.